The van der Waals surface area contributed by atoms with Gasteiger partial charge in [0.25, 0.3) is 0 Å². The summed E-state index contributed by atoms with van der Waals surface area (Å²) in [6.07, 6.45) is -1.11. The Labute approximate surface area is 199 Å². The Hall–Kier alpha value is -2.44. The maximum absolute atomic E-state index is 12.6. The molecule has 1 saturated heterocycles. The number of halogens is 1. The van der Waals surface area contributed by atoms with Gasteiger partial charge >= 0.3 is 5.97 Å². The zero-order valence-corrected chi connectivity index (χ0v) is 20.1. The number of carboxylic acid groups (broad SMARTS) is 1. The first kappa shape index (κ1) is 23.7. The van der Waals surface area contributed by atoms with E-state index in [0.29, 0.717) is 30.3 Å². The van der Waals surface area contributed by atoms with Crippen molar-refractivity contribution in [2.75, 3.05) is 26.3 Å². The van der Waals surface area contributed by atoms with E-state index in [2.05, 4.69) is 17.0 Å². The molecule has 1 heterocycles. The van der Waals surface area contributed by atoms with Gasteiger partial charge in [-0.2, -0.15) is 0 Å². The van der Waals surface area contributed by atoms with Gasteiger partial charge in [-0.15, -0.1) is 0 Å². The quantitative estimate of drug-likeness (QED) is 0.486. The Morgan fingerprint density at radius 1 is 1.12 bits per heavy atom. The van der Waals surface area contributed by atoms with E-state index in [0.717, 1.165) is 40.6 Å². The maximum Gasteiger partial charge on any atom is 0.337 e. The highest BCUT2D eigenvalue weighted by molar-refractivity contribution is 6.30. The van der Waals surface area contributed by atoms with Crippen molar-refractivity contribution in [3.8, 4) is 11.1 Å². The van der Waals surface area contributed by atoms with Crippen molar-refractivity contribution in [2.45, 2.75) is 39.0 Å². The SMILES string of the molecule is CC(C)(C)OC(C(=O)O)c1c(CN2CCOCC2)cc2ccccc2c1-c1ccc(Cl)cc1. The molecule has 0 aromatic heterocycles. The third-order valence-electron chi connectivity index (χ3n) is 5.76. The number of hydrogen-bond donors (Lipinski definition) is 1. The van der Waals surface area contributed by atoms with Crippen LogP contribution in [0.4, 0.5) is 0 Å². The van der Waals surface area contributed by atoms with Crippen LogP contribution in [0.1, 0.15) is 38.0 Å². The lowest BCUT2D eigenvalue weighted by Gasteiger charge is -2.32. The molecule has 0 spiro atoms. The molecule has 174 valence electrons. The molecule has 1 aliphatic heterocycles. The second kappa shape index (κ2) is 9.82. The third-order valence-corrected chi connectivity index (χ3v) is 6.02. The van der Waals surface area contributed by atoms with Gasteiger partial charge in [0.1, 0.15) is 0 Å². The standard InChI is InChI=1S/C27H30ClNO4/c1-27(2,3)33-25(26(30)31)24-20(17-29-12-14-32-15-13-29)16-19-6-4-5-7-22(19)23(24)18-8-10-21(28)11-9-18/h4-11,16,25H,12-15,17H2,1-3H3,(H,30,31). The van der Waals surface area contributed by atoms with Gasteiger partial charge in [0.05, 0.1) is 18.8 Å². The summed E-state index contributed by atoms with van der Waals surface area (Å²) < 4.78 is 11.7. The second-order valence-electron chi connectivity index (χ2n) is 9.39. The zero-order valence-electron chi connectivity index (χ0n) is 19.3. The molecule has 1 fully saturated rings. The van der Waals surface area contributed by atoms with Gasteiger partial charge in [-0.1, -0.05) is 48.0 Å². The van der Waals surface area contributed by atoms with Gasteiger partial charge < -0.3 is 14.6 Å². The molecule has 0 amide bonds. The van der Waals surface area contributed by atoms with E-state index in [9.17, 15) is 9.90 Å². The molecule has 1 N–H and O–H groups in total. The summed E-state index contributed by atoms with van der Waals surface area (Å²) in [7, 11) is 0. The van der Waals surface area contributed by atoms with Crippen molar-refractivity contribution < 1.29 is 19.4 Å². The van der Waals surface area contributed by atoms with Gasteiger partial charge in [-0.25, -0.2) is 4.79 Å². The number of carbonyl (C=O) groups is 1. The normalized spacial score (nSPS) is 16.1. The number of ether oxygens (including phenoxy) is 2. The van der Waals surface area contributed by atoms with Crippen molar-refractivity contribution in [1.82, 2.24) is 4.90 Å². The van der Waals surface area contributed by atoms with Crippen LogP contribution in [0.25, 0.3) is 21.9 Å². The van der Waals surface area contributed by atoms with Crippen molar-refractivity contribution in [2.24, 2.45) is 0 Å². The van der Waals surface area contributed by atoms with Crippen LogP contribution in [0, 0.1) is 0 Å². The molecule has 3 aromatic rings. The first-order valence-electron chi connectivity index (χ1n) is 11.2. The topological polar surface area (TPSA) is 59.0 Å². The summed E-state index contributed by atoms with van der Waals surface area (Å²) in [6.45, 7) is 9.23. The lowest BCUT2D eigenvalue weighted by molar-refractivity contribution is -0.160. The number of hydrogen-bond acceptors (Lipinski definition) is 4. The van der Waals surface area contributed by atoms with Gasteiger partial charge in [-0.05, 0) is 66.4 Å². The number of rotatable bonds is 6. The molecule has 1 unspecified atom stereocenters. The molecule has 0 radical (unpaired) electrons. The van der Waals surface area contributed by atoms with Crippen LogP contribution in [0.3, 0.4) is 0 Å². The van der Waals surface area contributed by atoms with E-state index in [1.807, 2.05) is 63.2 Å². The molecule has 5 nitrogen and oxygen atoms in total. The number of aliphatic carboxylic acids is 1. The van der Waals surface area contributed by atoms with Crippen LogP contribution < -0.4 is 0 Å². The lowest BCUT2D eigenvalue weighted by atomic mass is 9.86. The fourth-order valence-electron chi connectivity index (χ4n) is 4.37. The molecular weight excluding hydrogens is 438 g/mol. The Balaban J connectivity index is 2.00. The zero-order chi connectivity index (χ0) is 23.6. The van der Waals surface area contributed by atoms with Crippen molar-refractivity contribution in [3.05, 3.63) is 70.7 Å². The smallest absolute Gasteiger partial charge is 0.337 e. The number of benzene rings is 3. The largest absolute Gasteiger partial charge is 0.479 e. The summed E-state index contributed by atoms with van der Waals surface area (Å²) >= 11 is 6.18. The Morgan fingerprint density at radius 3 is 2.42 bits per heavy atom. The summed E-state index contributed by atoms with van der Waals surface area (Å²) in [4.78, 5) is 14.9. The van der Waals surface area contributed by atoms with Crippen LogP contribution in [0.15, 0.2) is 54.6 Å². The molecule has 1 aliphatic rings. The minimum Gasteiger partial charge on any atom is -0.479 e. The van der Waals surface area contributed by atoms with E-state index < -0.39 is 17.7 Å². The van der Waals surface area contributed by atoms with Crippen LogP contribution in [0.2, 0.25) is 5.02 Å². The van der Waals surface area contributed by atoms with Crippen LogP contribution in [-0.2, 0) is 20.8 Å². The van der Waals surface area contributed by atoms with E-state index in [-0.39, 0.29) is 0 Å². The monoisotopic (exact) mass is 467 g/mol. The predicted octanol–water partition coefficient (Wildman–Crippen LogP) is 5.93. The predicted molar refractivity (Wildman–Crippen MR) is 132 cm³/mol. The summed E-state index contributed by atoms with van der Waals surface area (Å²) in [5.74, 6) is -1.00. The molecule has 1 atom stereocenters. The second-order valence-corrected chi connectivity index (χ2v) is 9.83. The average Bonchev–Trinajstić information content (AvgIpc) is 2.77. The van der Waals surface area contributed by atoms with Crippen LogP contribution >= 0.6 is 11.6 Å². The molecule has 0 bridgehead atoms. The van der Waals surface area contributed by atoms with Gasteiger partial charge in [0, 0.05) is 30.2 Å². The summed E-state index contributed by atoms with van der Waals surface area (Å²) in [5, 5.41) is 13.0. The van der Waals surface area contributed by atoms with E-state index >= 15 is 0 Å². The molecule has 33 heavy (non-hydrogen) atoms. The van der Waals surface area contributed by atoms with E-state index in [1.54, 1.807) is 0 Å². The average molecular weight is 468 g/mol. The Bertz CT molecular complexity index is 1130. The fourth-order valence-corrected chi connectivity index (χ4v) is 4.49. The third kappa shape index (κ3) is 5.56. The minimum absolute atomic E-state index is 0.626. The van der Waals surface area contributed by atoms with Crippen LogP contribution in [0.5, 0.6) is 0 Å². The van der Waals surface area contributed by atoms with E-state index in [4.69, 9.17) is 21.1 Å². The number of fused-ring (bicyclic) bond motifs is 1. The van der Waals surface area contributed by atoms with Crippen molar-refractivity contribution in [3.63, 3.8) is 0 Å². The van der Waals surface area contributed by atoms with Gasteiger partial charge in [-0.3, -0.25) is 4.90 Å². The maximum atomic E-state index is 12.6. The fraction of sp³-hybridized carbons (Fsp3) is 0.370. The number of carboxylic acids is 1. The van der Waals surface area contributed by atoms with Crippen molar-refractivity contribution in [1.29, 1.82) is 0 Å². The molecular formula is C27H30ClNO4. The molecule has 6 heteroatoms. The summed E-state index contributed by atoms with van der Waals surface area (Å²) in [5.41, 5.74) is 2.81. The Morgan fingerprint density at radius 2 is 1.79 bits per heavy atom. The molecule has 0 aliphatic carbocycles. The van der Waals surface area contributed by atoms with E-state index in [1.165, 1.54) is 0 Å². The summed E-state index contributed by atoms with van der Waals surface area (Å²) in [6, 6.07) is 17.8. The molecule has 3 aromatic carbocycles. The number of morpholine rings is 1. The highest BCUT2D eigenvalue weighted by Gasteiger charge is 2.33. The molecule has 0 saturated carbocycles. The van der Waals surface area contributed by atoms with Crippen LogP contribution in [-0.4, -0.2) is 47.9 Å². The first-order chi connectivity index (χ1) is 15.7. The van der Waals surface area contributed by atoms with Gasteiger partial charge in [0.2, 0.25) is 0 Å². The number of nitrogens with zero attached hydrogens (tertiary/aromatic N) is 1. The minimum atomic E-state index is -1.11. The van der Waals surface area contributed by atoms with Crippen molar-refractivity contribution >= 4 is 28.3 Å². The van der Waals surface area contributed by atoms with Gasteiger partial charge in [0.15, 0.2) is 6.10 Å². The first-order valence-corrected chi connectivity index (χ1v) is 11.6. The molecule has 4 rings (SSSR count). The lowest BCUT2D eigenvalue weighted by Crippen LogP contribution is -2.36. The Kier molecular flexibility index (Phi) is 7.05. The highest BCUT2D eigenvalue weighted by Crippen LogP contribution is 2.41. The highest BCUT2D eigenvalue weighted by atomic mass is 35.5.